The van der Waals surface area contributed by atoms with Crippen LogP contribution in [0.1, 0.15) is 25.0 Å². The summed E-state index contributed by atoms with van der Waals surface area (Å²) in [4.78, 5) is 14.3. The molecule has 1 N–H and O–H groups in total. The number of amides is 1. The van der Waals surface area contributed by atoms with E-state index >= 15 is 0 Å². The van der Waals surface area contributed by atoms with Gasteiger partial charge in [0.2, 0.25) is 15.7 Å². The smallest absolute Gasteiger partial charge is 0.241 e. The van der Waals surface area contributed by atoms with Crippen LogP contribution in [0.15, 0.2) is 46.2 Å². The van der Waals surface area contributed by atoms with Crippen molar-refractivity contribution in [3.63, 3.8) is 0 Å². The highest BCUT2D eigenvalue weighted by Crippen LogP contribution is 2.32. The number of carbonyl (C=O) groups is 1. The molecule has 7 heteroatoms. The summed E-state index contributed by atoms with van der Waals surface area (Å²) in [7, 11) is -3.72. The molecule has 1 amide bonds. The summed E-state index contributed by atoms with van der Waals surface area (Å²) in [6, 6.07) is 9.78. The number of hydrogen-bond donors (Lipinski definition) is 1. The molecule has 146 valence electrons. The number of aryl methyl sites for hydroxylation is 1. The van der Waals surface area contributed by atoms with Gasteiger partial charge in [-0.2, -0.15) is 0 Å². The van der Waals surface area contributed by atoms with Crippen molar-refractivity contribution in [1.29, 1.82) is 0 Å². The van der Waals surface area contributed by atoms with E-state index in [-0.39, 0.29) is 22.2 Å². The van der Waals surface area contributed by atoms with E-state index < -0.39 is 9.84 Å². The predicted molar refractivity (Wildman–Crippen MR) is 109 cm³/mol. The molecule has 0 saturated heterocycles. The lowest BCUT2D eigenvalue weighted by Gasteiger charge is -2.20. The Morgan fingerprint density at radius 2 is 1.67 bits per heavy atom. The molecule has 0 aliphatic rings. The van der Waals surface area contributed by atoms with Gasteiger partial charge in [0.15, 0.2) is 0 Å². The summed E-state index contributed by atoms with van der Waals surface area (Å²) in [5.41, 5.74) is 2.05. The number of nitrogens with zero attached hydrogens (tertiary/aromatic N) is 1. The van der Waals surface area contributed by atoms with Crippen molar-refractivity contribution in [2.75, 3.05) is 25.0 Å². The van der Waals surface area contributed by atoms with Crippen LogP contribution in [-0.2, 0) is 14.6 Å². The largest absolute Gasteiger partial charge is 0.376 e. The topological polar surface area (TPSA) is 66.5 Å². The van der Waals surface area contributed by atoms with E-state index in [0.29, 0.717) is 29.4 Å². The van der Waals surface area contributed by atoms with E-state index in [1.54, 1.807) is 42.2 Å². The Balaban J connectivity index is 2.37. The average Bonchev–Trinajstić information content (AvgIpc) is 2.63. The van der Waals surface area contributed by atoms with E-state index in [1.165, 1.54) is 6.07 Å². The molecule has 0 bridgehead atoms. The van der Waals surface area contributed by atoms with Gasteiger partial charge in [-0.25, -0.2) is 8.42 Å². The van der Waals surface area contributed by atoms with E-state index in [1.807, 2.05) is 20.8 Å². The number of anilines is 1. The number of nitrogens with one attached hydrogen (secondary N) is 1. The van der Waals surface area contributed by atoms with Gasteiger partial charge in [0.1, 0.15) is 0 Å². The molecule has 27 heavy (non-hydrogen) atoms. The number of halogens is 1. The van der Waals surface area contributed by atoms with Crippen molar-refractivity contribution in [2.45, 2.75) is 37.5 Å². The molecule has 0 fully saturated rings. The number of hydrogen-bond acceptors (Lipinski definition) is 4. The molecule has 5 nitrogen and oxygen atoms in total. The van der Waals surface area contributed by atoms with Gasteiger partial charge >= 0.3 is 0 Å². The molecule has 0 unspecified atom stereocenters. The molecule has 2 aromatic rings. The third-order valence-corrected chi connectivity index (χ3v) is 6.61. The van der Waals surface area contributed by atoms with Gasteiger partial charge in [0.05, 0.1) is 16.3 Å². The first kappa shape index (κ1) is 21.3. The Bertz CT molecular complexity index is 921. The summed E-state index contributed by atoms with van der Waals surface area (Å²) in [5, 5.41) is 3.33. The first-order chi connectivity index (χ1) is 12.7. The normalized spacial score (nSPS) is 11.3. The third-order valence-electron chi connectivity index (χ3n) is 4.49. The van der Waals surface area contributed by atoms with Gasteiger partial charge in [0, 0.05) is 23.8 Å². The zero-order chi connectivity index (χ0) is 20.2. The Kier molecular flexibility index (Phi) is 6.89. The van der Waals surface area contributed by atoms with Crippen molar-refractivity contribution in [2.24, 2.45) is 0 Å². The Morgan fingerprint density at radius 3 is 2.22 bits per heavy atom. The fraction of sp³-hybridized carbons (Fsp3) is 0.350. The van der Waals surface area contributed by atoms with E-state index in [2.05, 4.69) is 5.32 Å². The van der Waals surface area contributed by atoms with Crippen LogP contribution < -0.4 is 5.32 Å². The van der Waals surface area contributed by atoms with Crippen molar-refractivity contribution in [3.8, 4) is 0 Å². The minimum Gasteiger partial charge on any atom is -0.376 e. The zero-order valence-electron chi connectivity index (χ0n) is 16.0. The number of sulfone groups is 1. The Morgan fingerprint density at radius 1 is 1.07 bits per heavy atom. The second-order valence-corrected chi connectivity index (χ2v) is 8.67. The molecule has 2 rings (SSSR count). The maximum absolute atomic E-state index is 13.0. The number of likely N-dealkylation sites (N-methyl/N-ethyl adjacent to an activating group) is 1. The lowest BCUT2D eigenvalue weighted by Crippen LogP contribution is -2.35. The summed E-state index contributed by atoms with van der Waals surface area (Å²) in [6.45, 7) is 8.76. The van der Waals surface area contributed by atoms with Crippen molar-refractivity contribution < 1.29 is 13.2 Å². The molecule has 0 radical (unpaired) electrons. The Hall–Kier alpha value is -2.05. The van der Waals surface area contributed by atoms with Crippen LogP contribution in [0.4, 0.5) is 5.69 Å². The second-order valence-electron chi connectivity index (χ2n) is 6.31. The minimum atomic E-state index is -3.72. The quantitative estimate of drug-likeness (QED) is 0.749. The van der Waals surface area contributed by atoms with Crippen LogP contribution in [0, 0.1) is 13.8 Å². The molecule has 0 heterocycles. The summed E-state index contributed by atoms with van der Waals surface area (Å²) >= 11 is 6.17. The maximum atomic E-state index is 13.0. The van der Waals surface area contributed by atoms with Crippen LogP contribution >= 0.6 is 11.6 Å². The molecule has 0 aliphatic heterocycles. The predicted octanol–water partition coefficient (Wildman–Crippen LogP) is 4.07. The average molecular weight is 409 g/mol. The summed E-state index contributed by atoms with van der Waals surface area (Å²) < 4.78 is 26.1. The van der Waals surface area contributed by atoms with Crippen LogP contribution in [-0.4, -0.2) is 38.9 Å². The highest BCUT2D eigenvalue weighted by molar-refractivity contribution is 7.91. The molecule has 0 atom stereocenters. The SMILES string of the molecule is CCN(CC)C(=O)CNc1cc(Cl)cc(S(=O)(=O)c2ccc(C)cc2)c1C. The fourth-order valence-corrected chi connectivity index (χ4v) is 4.65. The van der Waals surface area contributed by atoms with Crippen LogP contribution in [0.25, 0.3) is 0 Å². The Labute approximate surface area is 166 Å². The number of benzene rings is 2. The fourth-order valence-electron chi connectivity index (χ4n) is 2.82. The summed E-state index contributed by atoms with van der Waals surface area (Å²) in [6.07, 6.45) is 0. The van der Waals surface area contributed by atoms with Gasteiger partial charge in [-0.3, -0.25) is 4.79 Å². The maximum Gasteiger partial charge on any atom is 0.241 e. The standard InChI is InChI=1S/C20H25ClN2O3S/c1-5-23(6-2)20(24)13-22-18-11-16(21)12-19(15(18)4)27(25,26)17-9-7-14(3)8-10-17/h7-12,22H,5-6,13H2,1-4H3. The molecule has 0 saturated carbocycles. The highest BCUT2D eigenvalue weighted by Gasteiger charge is 2.22. The van der Waals surface area contributed by atoms with E-state index in [4.69, 9.17) is 11.6 Å². The van der Waals surface area contributed by atoms with Crippen LogP contribution in [0.5, 0.6) is 0 Å². The zero-order valence-corrected chi connectivity index (χ0v) is 17.6. The summed E-state index contributed by atoms with van der Waals surface area (Å²) in [5.74, 6) is -0.0534. The number of rotatable bonds is 7. The number of carbonyl (C=O) groups excluding carboxylic acids is 1. The minimum absolute atomic E-state index is 0.0534. The van der Waals surface area contributed by atoms with Gasteiger partial charge in [-0.05, 0) is 57.5 Å². The van der Waals surface area contributed by atoms with Crippen LogP contribution in [0.2, 0.25) is 5.02 Å². The van der Waals surface area contributed by atoms with Gasteiger partial charge in [0.25, 0.3) is 0 Å². The molecule has 0 aromatic heterocycles. The highest BCUT2D eigenvalue weighted by atomic mass is 35.5. The van der Waals surface area contributed by atoms with E-state index in [9.17, 15) is 13.2 Å². The lowest BCUT2D eigenvalue weighted by atomic mass is 10.2. The molecule has 0 spiro atoms. The molecule has 0 aliphatic carbocycles. The molecule has 2 aromatic carbocycles. The van der Waals surface area contributed by atoms with Gasteiger partial charge < -0.3 is 10.2 Å². The first-order valence-electron chi connectivity index (χ1n) is 8.84. The van der Waals surface area contributed by atoms with Crippen molar-refractivity contribution in [3.05, 3.63) is 52.5 Å². The van der Waals surface area contributed by atoms with Gasteiger partial charge in [-0.1, -0.05) is 29.3 Å². The van der Waals surface area contributed by atoms with Crippen LogP contribution in [0.3, 0.4) is 0 Å². The first-order valence-corrected chi connectivity index (χ1v) is 10.7. The van der Waals surface area contributed by atoms with Crippen molar-refractivity contribution >= 4 is 33.0 Å². The van der Waals surface area contributed by atoms with Gasteiger partial charge in [-0.15, -0.1) is 0 Å². The monoisotopic (exact) mass is 408 g/mol. The molecular formula is C20H25ClN2O3S. The third kappa shape index (κ3) is 4.82. The molecular weight excluding hydrogens is 384 g/mol. The van der Waals surface area contributed by atoms with Crippen molar-refractivity contribution in [1.82, 2.24) is 4.90 Å². The second kappa shape index (κ2) is 8.76. The lowest BCUT2D eigenvalue weighted by molar-refractivity contribution is -0.128. The van der Waals surface area contributed by atoms with E-state index in [0.717, 1.165) is 5.56 Å².